The quantitative estimate of drug-likeness (QED) is 0.855. The number of carbonyl (C=O) groups excluding carboxylic acids is 1. The van der Waals surface area contributed by atoms with E-state index < -0.39 is 0 Å². The molecule has 0 saturated carbocycles. The molecule has 2 aromatic rings. The normalized spacial score (nSPS) is 21.2. The maximum absolute atomic E-state index is 12.6. The van der Waals surface area contributed by atoms with Gasteiger partial charge < -0.3 is 4.90 Å². The number of amides is 1. The SMILES string of the molecule is CC1CCN(C2CN(C(=O)c3ccc4ncsc4c3)C2)CC1. The first-order chi connectivity index (χ1) is 10.7. The Morgan fingerprint density at radius 1 is 1.27 bits per heavy atom. The summed E-state index contributed by atoms with van der Waals surface area (Å²) in [5.41, 5.74) is 3.60. The third-order valence-corrected chi connectivity index (χ3v) is 5.85. The van der Waals surface area contributed by atoms with Crippen LogP contribution in [0, 0.1) is 5.92 Å². The number of rotatable bonds is 2. The lowest BCUT2D eigenvalue weighted by molar-refractivity contribution is 0.0155. The molecule has 0 spiro atoms. The second-order valence-electron chi connectivity index (χ2n) is 6.62. The summed E-state index contributed by atoms with van der Waals surface area (Å²) in [6.45, 7) is 6.49. The standard InChI is InChI=1S/C17H21N3OS/c1-12-4-6-19(7-5-12)14-9-20(10-14)17(21)13-2-3-15-16(8-13)22-11-18-15/h2-3,8,11-12,14H,4-7,9-10H2,1H3. The van der Waals surface area contributed by atoms with Crippen molar-refractivity contribution in [1.82, 2.24) is 14.8 Å². The Hall–Kier alpha value is -1.46. The van der Waals surface area contributed by atoms with E-state index in [9.17, 15) is 4.79 Å². The van der Waals surface area contributed by atoms with E-state index in [0.717, 1.165) is 34.8 Å². The third-order valence-electron chi connectivity index (χ3n) is 5.06. The van der Waals surface area contributed by atoms with Crippen molar-refractivity contribution in [3.05, 3.63) is 29.3 Å². The average Bonchev–Trinajstić information content (AvgIpc) is 2.95. The molecule has 0 atom stereocenters. The molecular weight excluding hydrogens is 294 g/mol. The average molecular weight is 315 g/mol. The van der Waals surface area contributed by atoms with Gasteiger partial charge in [0.05, 0.1) is 15.7 Å². The van der Waals surface area contributed by atoms with Crippen molar-refractivity contribution in [2.45, 2.75) is 25.8 Å². The number of fused-ring (bicyclic) bond motifs is 1. The fourth-order valence-electron chi connectivity index (χ4n) is 3.42. The molecule has 0 N–H and O–H groups in total. The van der Waals surface area contributed by atoms with E-state index in [4.69, 9.17) is 0 Å². The Morgan fingerprint density at radius 3 is 2.82 bits per heavy atom. The Bertz CT molecular complexity index is 684. The molecule has 22 heavy (non-hydrogen) atoms. The maximum atomic E-state index is 12.6. The van der Waals surface area contributed by atoms with Gasteiger partial charge in [0.2, 0.25) is 0 Å². The summed E-state index contributed by atoms with van der Waals surface area (Å²) < 4.78 is 1.09. The zero-order chi connectivity index (χ0) is 15.1. The maximum Gasteiger partial charge on any atom is 0.254 e. The van der Waals surface area contributed by atoms with Gasteiger partial charge in [0, 0.05) is 24.7 Å². The Morgan fingerprint density at radius 2 is 2.05 bits per heavy atom. The van der Waals surface area contributed by atoms with Crippen LogP contribution in [0.4, 0.5) is 0 Å². The van der Waals surface area contributed by atoms with Crippen molar-refractivity contribution in [3.63, 3.8) is 0 Å². The summed E-state index contributed by atoms with van der Waals surface area (Å²) in [5.74, 6) is 1.03. The molecule has 5 heteroatoms. The number of hydrogen-bond acceptors (Lipinski definition) is 4. The van der Waals surface area contributed by atoms with E-state index in [2.05, 4.69) is 16.8 Å². The Kier molecular flexibility index (Phi) is 3.62. The van der Waals surface area contributed by atoms with Crippen LogP contribution in [0.3, 0.4) is 0 Å². The molecule has 2 saturated heterocycles. The van der Waals surface area contributed by atoms with Crippen LogP contribution in [-0.2, 0) is 0 Å². The van der Waals surface area contributed by atoms with Crippen molar-refractivity contribution in [2.75, 3.05) is 26.2 Å². The number of hydrogen-bond donors (Lipinski definition) is 0. The number of nitrogens with zero attached hydrogens (tertiary/aromatic N) is 3. The number of carbonyl (C=O) groups is 1. The first-order valence-electron chi connectivity index (χ1n) is 8.07. The molecule has 4 nitrogen and oxygen atoms in total. The first-order valence-corrected chi connectivity index (χ1v) is 8.95. The molecule has 0 unspecified atom stereocenters. The van der Waals surface area contributed by atoms with Crippen molar-refractivity contribution in [2.24, 2.45) is 5.92 Å². The highest BCUT2D eigenvalue weighted by atomic mass is 32.1. The zero-order valence-electron chi connectivity index (χ0n) is 12.9. The molecule has 1 aromatic heterocycles. The number of benzene rings is 1. The lowest BCUT2D eigenvalue weighted by Crippen LogP contribution is -2.62. The minimum Gasteiger partial charge on any atom is -0.335 e. The van der Waals surface area contributed by atoms with Gasteiger partial charge >= 0.3 is 0 Å². The predicted octanol–water partition coefficient (Wildman–Crippen LogP) is 2.85. The smallest absolute Gasteiger partial charge is 0.254 e. The highest BCUT2D eigenvalue weighted by Gasteiger charge is 2.36. The third kappa shape index (κ3) is 2.52. The number of piperidine rings is 1. The van der Waals surface area contributed by atoms with Crippen LogP contribution in [0.5, 0.6) is 0 Å². The fraction of sp³-hybridized carbons (Fsp3) is 0.529. The fourth-order valence-corrected chi connectivity index (χ4v) is 4.13. The number of aromatic nitrogens is 1. The largest absolute Gasteiger partial charge is 0.335 e. The summed E-state index contributed by atoms with van der Waals surface area (Å²) in [6.07, 6.45) is 2.60. The summed E-state index contributed by atoms with van der Waals surface area (Å²) in [4.78, 5) is 21.4. The summed E-state index contributed by atoms with van der Waals surface area (Å²) in [6, 6.07) is 6.40. The van der Waals surface area contributed by atoms with Crippen LogP contribution in [0.25, 0.3) is 10.2 Å². The van der Waals surface area contributed by atoms with Crippen molar-refractivity contribution < 1.29 is 4.79 Å². The van der Waals surface area contributed by atoms with Gasteiger partial charge in [0.15, 0.2) is 0 Å². The molecule has 0 bridgehead atoms. The Labute approximate surface area is 134 Å². The number of thiazole rings is 1. The second-order valence-corrected chi connectivity index (χ2v) is 7.50. The summed E-state index contributed by atoms with van der Waals surface area (Å²) >= 11 is 1.59. The van der Waals surface area contributed by atoms with E-state index >= 15 is 0 Å². The molecule has 2 aliphatic heterocycles. The number of likely N-dealkylation sites (tertiary alicyclic amines) is 2. The highest BCUT2D eigenvalue weighted by Crippen LogP contribution is 2.25. The van der Waals surface area contributed by atoms with Gasteiger partial charge in [-0.2, -0.15) is 0 Å². The van der Waals surface area contributed by atoms with Crippen molar-refractivity contribution >= 4 is 27.5 Å². The van der Waals surface area contributed by atoms with Crippen LogP contribution in [-0.4, -0.2) is 52.9 Å². The van der Waals surface area contributed by atoms with Crippen molar-refractivity contribution in [1.29, 1.82) is 0 Å². The molecule has 0 aliphatic carbocycles. The predicted molar refractivity (Wildman–Crippen MR) is 89.3 cm³/mol. The molecular formula is C17H21N3OS. The van der Waals surface area contributed by atoms with Gasteiger partial charge in [0.1, 0.15) is 0 Å². The van der Waals surface area contributed by atoms with Crippen molar-refractivity contribution in [3.8, 4) is 0 Å². The van der Waals surface area contributed by atoms with Crippen LogP contribution in [0.1, 0.15) is 30.1 Å². The van der Waals surface area contributed by atoms with E-state index in [1.165, 1.54) is 25.9 Å². The van der Waals surface area contributed by atoms with Gasteiger partial charge in [-0.3, -0.25) is 9.69 Å². The minimum absolute atomic E-state index is 0.164. The molecule has 2 aliphatic rings. The van der Waals surface area contributed by atoms with Crippen LogP contribution < -0.4 is 0 Å². The van der Waals surface area contributed by atoms with Gasteiger partial charge in [-0.25, -0.2) is 4.98 Å². The minimum atomic E-state index is 0.164. The summed E-state index contributed by atoms with van der Waals surface area (Å²) in [7, 11) is 0. The topological polar surface area (TPSA) is 36.4 Å². The van der Waals surface area contributed by atoms with E-state index in [0.29, 0.717) is 6.04 Å². The molecule has 1 amide bonds. The van der Waals surface area contributed by atoms with Gasteiger partial charge in [0.25, 0.3) is 5.91 Å². The van der Waals surface area contributed by atoms with Crippen LogP contribution >= 0.6 is 11.3 Å². The summed E-state index contributed by atoms with van der Waals surface area (Å²) in [5, 5.41) is 0. The first kappa shape index (κ1) is 14.2. The lowest BCUT2D eigenvalue weighted by atomic mass is 9.95. The van der Waals surface area contributed by atoms with Gasteiger partial charge in [-0.1, -0.05) is 6.92 Å². The molecule has 3 heterocycles. The highest BCUT2D eigenvalue weighted by molar-refractivity contribution is 7.16. The van der Waals surface area contributed by atoms with Gasteiger partial charge in [-0.05, 0) is 50.0 Å². The van der Waals surface area contributed by atoms with Crippen LogP contribution in [0.2, 0.25) is 0 Å². The van der Waals surface area contributed by atoms with E-state index in [-0.39, 0.29) is 5.91 Å². The molecule has 1 aromatic carbocycles. The van der Waals surface area contributed by atoms with Gasteiger partial charge in [-0.15, -0.1) is 11.3 Å². The lowest BCUT2D eigenvalue weighted by Gasteiger charge is -2.47. The van der Waals surface area contributed by atoms with E-state index in [1.54, 1.807) is 11.3 Å². The van der Waals surface area contributed by atoms with E-state index in [1.807, 2.05) is 28.6 Å². The molecule has 116 valence electrons. The zero-order valence-corrected chi connectivity index (χ0v) is 13.7. The Balaban J connectivity index is 1.38. The second kappa shape index (κ2) is 5.63. The monoisotopic (exact) mass is 315 g/mol. The molecule has 4 rings (SSSR count). The molecule has 2 fully saturated rings. The van der Waals surface area contributed by atoms with Crippen LogP contribution in [0.15, 0.2) is 23.7 Å². The molecule has 0 radical (unpaired) electrons.